The summed E-state index contributed by atoms with van der Waals surface area (Å²) in [7, 11) is -3.47. The molecule has 0 saturated heterocycles. The summed E-state index contributed by atoms with van der Waals surface area (Å²) in [6, 6.07) is 0. The fourth-order valence-corrected chi connectivity index (χ4v) is 4.15. The van der Waals surface area contributed by atoms with Gasteiger partial charge in [-0.05, 0) is 13.3 Å². The largest absolute Gasteiger partial charge is 0.392 e. The molecule has 0 aliphatic heterocycles. The summed E-state index contributed by atoms with van der Waals surface area (Å²) in [5, 5.41) is 2.05. The molecule has 1 unspecified atom stereocenters. The molecule has 1 aromatic rings. The predicted molar refractivity (Wildman–Crippen MR) is 78.3 cm³/mol. The van der Waals surface area contributed by atoms with E-state index in [0.29, 0.717) is 19.4 Å². The average Bonchev–Trinajstić information content (AvgIpc) is 2.63. The van der Waals surface area contributed by atoms with Gasteiger partial charge in [-0.2, -0.15) is 0 Å². The Morgan fingerprint density at radius 3 is 2.78 bits per heavy atom. The second kappa shape index (κ2) is 6.55. The van der Waals surface area contributed by atoms with Crippen molar-refractivity contribution in [3.63, 3.8) is 0 Å². The van der Waals surface area contributed by atoms with Crippen LogP contribution in [0.2, 0.25) is 0 Å². The predicted octanol–water partition coefficient (Wildman–Crippen LogP) is 0.978. The summed E-state index contributed by atoms with van der Waals surface area (Å²) >= 11 is 6.28. The lowest BCUT2D eigenvalue weighted by molar-refractivity contribution is 0.574. The molecule has 18 heavy (non-hydrogen) atoms. The highest BCUT2D eigenvalue weighted by molar-refractivity contribution is 7.93. The van der Waals surface area contributed by atoms with Crippen LogP contribution in [0.5, 0.6) is 0 Å². The Balaban J connectivity index is 2.54. The van der Waals surface area contributed by atoms with Crippen LogP contribution >= 0.6 is 23.6 Å². The number of aromatic nitrogens is 1. The molecule has 0 radical (unpaired) electrons. The lowest BCUT2D eigenvalue weighted by Crippen LogP contribution is -2.42. The van der Waals surface area contributed by atoms with E-state index >= 15 is 0 Å². The number of aryl methyl sites for hydroxylation is 1. The first kappa shape index (κ1) is 15.5. The zero-order chi connectivity index (χ0) is 13.8. The average molecular weight is 307 g/mol. The molecule has 5 nitrogen and oxygen atoms in total. The first-order valence-electron chi connectivity index (χ1n) is 5.55. The molecule has 0 fully saturated rings. The third-order valence-corrected chi connectivity index (χ3v) is 5.77. The first-order chi connectivity index (χ1) is 8.36. The molecule has 0 saturated carbocycles. The van der Waals surface area contributed by atoms with Gasteiger partial charge in [-0.15, -0.1) is 11.3 Å². The smallest absolute Gasteiger partial charge is 0.221 e. The molecule has 1 rings (SSSR count). The van der Waals surface area contributed by atoms with E-state index in [4.69, 9.17) is 18.0 Å². The van der Waals surface area contributed by atoms with Gasteiger partial charge in [0.25, 0.3) is 0 Å². The molecule has 1 aromatic heterocycles. The van der Waals surface area contributed by atoms with Gasteiger partial charge in [0.05, 0.1) is 10.00 Å². The molecular formula is C10H17N3O2S3. The summed E-state index contributed by atoms with van der Waals surface area (Å²) in [6.45, 7) is 3.96. The van der Waals surface area contributed by atoms with Gasteiger partial charge in [0, 0.05) is 24.0 Å². The van der Waals surface area contributed by atoms with Gasteiger partial charge in [0.15, 0.2) is 0 Å². The van der Waals surface area contributed by atoms with Crippen molar-refractivity contribution in [1.82, 2.24) is 9.71 Å². The van der Waals surface area contributed by atoms with Gasteiger partial charge in [0.1, 0.15) is 5.25 Å². The number of rotatable bonds is 7. The number of sulfonamides is 1. The van der Waals surface area contributed by atoms with Crippen LogP contribution in [0.4, 0.5) is 0 Å². The van der Waals surface area contributed by atoms with E-state index in [2.05, 4.69) is 9.71 Å². The van der Waals surface area contributed by atoms with Crippen molar-refractivity contribution in [3.8, 4) is 0 Å². The SMILES string of the molecule is CCC(C(N)=S)S(=O)(=O)NCCc1nc(C)cs1. The third kappa shape index (κ3) is 4.27. The number of thiocarbonyl (C=S) groups is 1. The minimum absolute atomic E-state index is 0.00935. The molecule has 1 heterocycles. The number of nitrogens with zero attached hydrogens (tertiary/aromatic N) is 1. The molecule has 8 heteroatoms. The van der Waals surface area contributed by atoms with E-state index in [1.807, 2.05) is 12.3 Å². The van der Waals surface area contributed by atoms with Crippen LogP contribution in [0.15, 0.2) is 5.38 Å². The normalized spacial score (nSPS) is 13.4. The van der Waals surface area contributed by atoms with E-state index in [-0.39, 0.29) is 4.99 Å². The van der Waals surface area contributed by atoms with Gasteiger partial charge in [-0.3, -0.25) is 0 Å². The molecule has 0 aliphatic carbocycles. The minimum Gasteiger partial charge on any atom is -0.392 e. The van der Waals surface area contributed by atoms with Gasteiger partial charge in [-0.25, -0.2) is 18.1 Å². The molecule has 0 spiro atoms. The molecule has 102 valence electrons. The van der Waals surface area contributed by atoms with Crippen molar-refractivity contribution in [2.75, 3.05) is 6.54 Å². The monoisotopic (exact) mass is 307 g/mol. The zero-order valence-electron chi connectivity index (χ0n) is 10.3. The topological polar surface area (TPSA) is 85.1 Å². The third-order valence-electron chi connectivity index (χ3n) is 2.37. The van der Waals surface area contributed by atoms with Gasteiger partial charge in [0.2, 0.25) is 10.0 Å². The number of nitrogens with one attached hydrogen (secondary N) is 1. The lowest BCUT2D eigenvalue weighted by atomic mass is 10.3. The fourth-order valence-electron chi connectivity index (χ4n) is 1.49. The van der Waals surface area contributed by atoms with Crippen LogP contribution in [0.25, 0.3) is 0 Å². The summed E-state index contributed by atoms with van der Waals surface area (Å²) in [5.74, 6) is 0. The molecular weight excluding hydrogens is 290 g/mol. The van der Waals surface area contributed by atoms with Crippen molar-refractivity contribution in [2.24, 2.45) is 5.73 Å². The van der Waals surface area contributed by atoms with Crippen LogP contribution in [-0.2, 0) is 16.4 Å². The van der Waals surface area contributed by atoms with Crippen molar-refractivity contribution < 1.29 is 8.42 Å². The Labute approximate surface area is 117 Å². The second-order valence-corrected chi connectivity index (χ2v) is 7.23. The standard InChI is InChI=1S/C10H17N3O2S3/c1-3-8(10(11)16)18(14,15)12-5-4-9-13-7(2)6-17-9/h6,8,12H,3-5H2,1-2H3,(H2,11,16). The van der Waals surface area contributed by atoms with Crippen molar-refractivity contribution >= 4 is 38.6 Å². The van der Waals surface area contributed by atoms with Crippen LogP contribution in [0, 0.1) is 6.92 Å². The van der Waals surface area contributed by atoms with Crippen LogP contribution in [-0.4, -0.2) is 30.2 Å². The fraction of sp³-hybridized carbons (Fsp3) is 0.600. The Bertz CT molecular complexity index is 510. The summed E-state index contributed by atoms with van der Waals surface area (Å²) in [4.78, 5) is 4.27. The maximum Gasteiger partial charge on any atom is 0.221 e. The summed E-state index contributed by atoms with van der Waals surface area (Å²) in [5.41, 5.74) is 6.37. The Hall–Kier alpha value is -0.570. The highest BCUT2D eigenvalue weighted by atomic mass is 32.2. The molecule has 0 bridgehead atoms. The lowest BCUT2D eigenvalue weighted by Gasteiger charge is -2.14. The van der Waals surface area contributed by atoms with E-state index in [1.165, 1.54) is 11.3 Å². The molecule has 0 aliphatic rings. The molecule has 0 aromatic carbocycles. The van der Waals surface area contributed by atoms with E-state index in [9.17, 15) is 8.42 Å². The van der Waals surface area contributed by atoms with Gasteiger partial charge in [-0.1, -0.05) is 19.1 Å². The van der Waals surface area contributed by atoms with Crippen LogP contribution in [0.1, 0.15) is 24.0 Å². The first-order valence-corrected chi connectivity index (χ1v) is 8.39. The highest BCUT2D eigenvalue weighted by Crippen LogP contribution is 2.09. The van der Waals surface area contributed by atoms with Gasteiger partial charge >= 0.3 is 0 Å². The maximum absolute atomic E-state index is 11.9. The molecule has 1 atom stereocenters. The number of thiazole rings is 1. The number of nitrogens with two attached hydrogens (primary N) is 1. The quantitative estimate of drug-likeness (QED) is 0.733. The number of hydrogen-bond donors (Lipinski definition) is 2. The Morgan fingerprint density at radius 2 is 2.33 bits per heavy atom. The Morgan fingerprint density at radius 1 is 1.67 bits per heavy atom. The van der Waals surface area contributed by atoms with E-state index in [1.54, 1.807) is 6.92 Å². The van der Waals surface area contributed by atoms with Crippen molar-refractivity contribution in [3.05, 3.63) is 16.1 Å². The van der Waals surface area contributed by atoms with Crippen LogP contribution in [0.3, 0.4) is 0 Å². The number of hydrogen-bond acceptors (Lipinski definition) is 5. The van der Waals surface area contributed by atoms with Crippen molar-refractivity contribution in [1.29, 1.82) is 0 Å². The van der Waals surface area contributed by atoms with Gasteiger partial charge < -0.3 is 5.73 Å². The molecule has 0 amide bonds. The highest BCUT2D eigenvalue weighted by Gasteiger charge is 2.25. The van der Waals surface area contributed by atoms with E-state index in [0.717, 1.165) is 10.7 Å². The van der Waals surface area contributed by atoms with E-state index < -0.39 is 15.3 Å². The summed E-state index contributed by atoms with van der Waals surface area (Å²) < 4.78 is 26.3. The summed E-state index contributed by atoms with van der Waals surface area (Å²) in [6.07, 6.45) is 0.951. The molecule has 3 N–H and O–H groups in total. The minimum atomic E-state index is -3.47. The maximum atomic E-state index is 11.9. The van der Waals surface area contributed by atoms with Crippen LogP contribution < -0.4 is 10.5 Å². The van der Waals surface area contributed by atoms with Crippen molar-refractivity contribution in [2.45, 2.75) is 31.9 Å². The second-order valence-electron chi connectivity index (χ2n) is 3.87. The zero-order valence-corrected chi connectivity index (χ0v) is 12.8. The Kier molecular flexibility index (Phi) is 5.64.